The van der Waals surface area contributed by atoms with E-state index >= 15 is 0 Å². The van der Waals surface area contributed by atoms with Crippen molar-refractivity contribution in [2.24, 2.45) is 5.41 Å². The smallest absolute Gasteiger partial charge is 0.309 e. The van der Waals surface area contributed by atoms with Crippen molar-refractivity contribution < 1.29 is 15.0 Å². The Labute approximate surface area is 90.7 Å². The van der Waals surface area contributed by atoms with E-state index in [9.17, 15) is 15.0 Å². The minimum absolute atomic E-state index is 0.378. The van der Waals surface area contributed by atoms with Gasteiger partial charge in [0.05, 0.1) is 11.5 Å². The average molecular weight is 215 g/mol. The highest BCUT2D eigenvalue weighted by Crippen LogP contribution is 2.40. The number of likely N-dealkylation sites (N-methyl/N-ethyl adjacent to an activating group) is 1. The SMILES string of the molecule is CNC[C@@H](O)CC1(C(=O)O)CCCCC1. The standard InChI is InChI=1S/C11H21NO3/c1-12-8-9(13)7-11(10(14)15)5-3-2-4-6-11/h9,12-13H,2-8H2,1H3,(H,14,15)/t9-/m0/s1. The van der Waals surface area contributed by atoms with Crippen molar-refractivity contribution in [3.8, 4) is 0 Å². The molecule has 4 heteroatoms. The molecule has 1 aliphatic rings. The number of hydrogen-bond donors (Lipinski definition) is 3. The number of carboxylic acid groups (broad SMARTS) is 1. The number of aliphatic hydroxyl groups is 1. The van der Waals surface area contributed by atoms with Crippen molar-refractivity contribution in [1.82, 2.24) is 5.32 Å². The largest absolute Gasteiger partial charge is 0.481 e. The molecule has 0 heterocycles. The van der Waals surface area contributed by atoms with Gasteiger partial charge in [-0.05, 0) is 26.3 Å². The number of carbonyl (C=O) groups is 1. The van der Waals surface area contributed by atoms with E-state index in [1.807, 2.05) is 0 Å². The van der Waals surface area contributed by atoms with Gasteiger partial charge in [-0.2, -0.15) is 0 Å². The second-order valence-electron chi connectivity index (χ2n) is 4.56. The van der Waals surface area contributed by atoms with E-state index in [0.717, 1.165) is 19.3 Å². The Morgan fingerprint density at radius 2 is 2.00 bits per heavy atom. The van der Waals surface area contributed by atoms with Crippen LogP contribution in [-0.2, 0) is 4.79 Å². The average Bonchev–Trinajstić information content (AvgIpc) is 2.19. The Kier molecular flexibility index (Phi) is 4.54. The van der Waals surface area contributed by atoms with Gasteiger partial charge < -0.3 is 15.5 Å². The molecule has 0 saturated heterocycles. The molecular weight excluding hydrogens is 194 g/mol. The quantitative estimate of drug-likeness (QED) is 0.639. The number of nitrogens with one attached hydrogen (secondary N) is 1. The highest BCUT2D eigenvalue weighted by atomic mass is 16.4. The summed E-state index contributed by atoms with van der Waals surface area (Å²) in [6.45, 7) is 0.467. The number of aliphatic carboxylic acids is 1. The first-order valence-corrected chi connectivity index (χ1v) is 5.67. The van der Waals surface area contributed by atoms with E-state index in [1.165, 1.54) is 0 Å². The molecular formula is C11H21NO3. The molecule has 0 spiro atoms. The minimum atomic E-state index is -0.739. The molecule has 1 aliphatic carbocycles. The van der Waals surface area contributed by atoms with E-state index in [-0.39, 0.29) is 0 Å². The van der Waals surface area contributed by atoms with Gasteiger partial charge in [0.25, 0.3) is 0 Å². The van der Waals surface area contributed by atoms with Crippen LogP contribution in [0.5, 0.6) is 0 Å². The van der Waals surface area contributed by atoms with Crippen molar-refractivity contribution >= 4 is 5.97 Å². The summed E-state index contributed by atoms with van der Waals surface area (Å²) in [6, 6.07) is 0. The molecule has 0 aromatic heterocycles. The van der Waals surface area contributed by atoms with Crippen molar-refractivity contribution in [3.63, 3.8) is 0 Å². The lowest BCUT2D eigenvalue weighted by atomic mass is 9.70. The minimum Gasteiger partial charge on any atom is -0.481 e. The molecule has 0 aromatic carbocycles. The van der Waals surface area contributed by atoms with E-state index in [4.69, 9.17) is 0 Å². The Morgan fingerprint density at radius 1 is 1.40 bits per heavy atom. The molecule has 1 fully saturated rings. The Hall–Kier alpha value is -0.610. The monoisotopic (exact) mass is 215 g/mol. The lowest BCUT2D eigenvalue weighted by molar-refractivity contribution is -0.153. The summed E-state index contributed by atoms with van der Waals surface area (Å²) >= 11 is 0. The van der Waals surface area contributed by atoms with Crippen LogP contribution in [-0.4, -0.2) is 35.9 Å². The van der Waals surface area contributed by atoms with E-state index in [1.54, 1.807) is 7.05 Å². The summed E-state index contributed by atoms with van der Waals surface area (Å²) in [7, 11) is 1.76. The number of aliphatic hydroxyl groups excluding tert-OH is 1. The van der Waals surface area contributed by atoms with Gasteiger partial charge in [0.1, 0.15) is 0 Å². The maximum atomic E-state index is 11.3. The Balaban J connectivity index is 2.60. The first kappa shape index (κ1) is 12.5. The number of carboxylic acids is 1. The Bertz CT molecular complexity index is 212. The van der Waals surface area contributed by atoms with Gasteiger partial charge in [0.2, 0.25) is 0 Å². The lowest BCUT2D eigenvalue weighted by Crippen LogP contribution is -2.39. The topological polar surface area (TPSA) is 69.6 Å². The van der Waals surface area contributed by atoms with Gasteiger partial charge in [-0.25, -0.2) is 0 Å². The van der Waals surface area contributed by atoms with Crippen LogP contribution in [0.4, 0.5) is 0 Å². The van der Waals surface area contributed by atoms with Gasteiger partial charge in [-0.3, -0.25) is 4.79 Å². The normalized spacial score (nSPS) is 22.3. The molecule has 0 amide bonds. The first-order chi connectivity index (χ1) is 7.10. The molecule has 0 unspecified atom stereocenters. The van der Waals surface area contributed by atoms with Gasteiger partial charge in [-0.1, -0.05) is 19.3 Å². The van der Waals surface area contributed by atoms with Crippen LogP contribution < -0.4 is 5.32 Å². The molecule has 88 valence electrons. The second kappa shape index (κ2) is 5.47. The third-order valence-electron chi connectivity index (χ3n) is 3.33. The summed E-state index contributed by atoms with van der Waals surface area (Å²) in [4.78, 5) is 11.3. The summed E-state index contributed by atoms with van der Waals surface area (Å²) in [5, 5.41) is 21.8. The molecule has 1 saturated carbocycles. The van der Waals surface area contributed by atoms with Crippen LogP contribution in [0.25, 0.3) is 0 Å². The summed E-state index contributed by atoms with van der Waals surface area (Å²) in [5.41, 5.74) is -0.672. The van der Waals surface area contributed by atoms with Crippen molar-refractivity contribution in [1.29, 1.82) is 0 Å². The van der Waals surface area contributed by atoms with Crippen molar-refractivity contribution in [3.05, 3.63) is 0 Å². The maximum Gasteiger partial charge on any atom is 0.309 e. The van der Waals surface area contributed by atoms with Gasteiger partial charge in [0, 0.05) is 6.54 Å². The molecule has 0 aromatic rings. The van der Waals surface area contributed by atoms with Crippen LogP contribution in [0.15, 0.2) is 0 Å². The third-order valence-corrected chi connectivity index (χ3v) is 3.33. The number of rotatable bonds is 5. The van der Waals surface area contributed by atoms with Crippen LogP contribution in [0.3, 0.4) is 0 Å². The Morgan fingerprint density at radius 3 is 2.47 bits per heavy atom. The molecule has 0 bridgehead atoms. The van der Waals surface area contributed by atoms with E-state index < -0.39 is 17.5 Å². The molecule has 1 atom stereocenters. The van der Waals surface area contributed by atoms with Gasteiger partial charge in [-0.15, -0.1) is 0 Å². The predicted molar refractivity (Wildman–Crippen MR) is 57.7 cm³/mol. The maximum absolute atomic E-state index is 11.3. The lowest BCUT2D eigenvalue weighted by Gasteiger charge is -2.34. The molecule has 15 heavy (non-hydrogen) atoms. The summed E-state index contributed by atoms with van der Waals surface area (Å²) in [6.07, 6.45) is 4.31. The number of hydrogen-bond acceptors (Lipinski definition) is 3. The zero-order valence-corrected chi connectivity index (χ0v) is 9.33. The second-order valence-corrected chi connectivity index (χ2v) is 4.56. The van der Waals surface area contributed by atoms with Gasteiger partial charge in [0.15, 0.2) is 0 Å². The summed E-state index contributed by atoms with van der Waals surface area (Å²) < 4.78 is 0. The van der Waals surface area contributed by atoms with Crippen LogP contribution in [0, 0.1) is 5.41 Å². The molecule has 0 radical (unpaired) electrons. The fourth-order valence-electron chi connectivity index (χ4n) is 2.49. The molecule has 3 N–H and O–H groups in total. The zero-order chi connectivity index (χ0) is 11.3. The van der Waals surface area contributed by atoms with E-state index in [0.29, 0.717) is 25.8 Å². The molecule has 0 aliphatic heterocycles. The zero-order valence-electron chi connectivity index (χ0n) is 9.33. The highest BCUT2D eigenvalue weighted by molar-refractivity contribution is 5.74. The van der Waals surface area contributed by atoms with Crippen LogP contribution in [0.2, 0.25) is 0 Å². The van der Waals surface area contributed by atoms with Gasteiger partial charge >= 0.3 is 5.97 Å². The molecule has 4 nitrogen and oxygen atoms in total. The summed E-state index contributed by atoms with van der Waals surface area (Å²) in [5.74, 6) is -0.739. The van der Waals surface area contributed by atoms with Crippen LogP contribution in [0.1, 0.15) is 38.5 Å². The first-order valence-electron chi connectivity index (χ1n) is 5.67. The predicted octanol–water partition coefficient (Wildman–Crippen LogP) is 0.992. The fraction of sp³-hybridized carbons (Fsp3) is 0.909. The molecule has 1 rings (SSSR count). The van der Waals surface area contributed by atoms with Crippen molar-refractivity contribution in [2.45, 2.75) is 44.6 Å². The van der Waals surface area contributed by atoms with E-state index in [2.05, 4.69) is 5.32 Å². The third kappa shape index (κ3) is 3.18. The van der Waals surface area contributed by atoms with Crippen LogP contribution >= 0.6 is 0 Å². The van der Waals surface area contributed by atoms with Crippen molar-refractivity contribution in [2.75, 3.05) is 13.6 Å². The fourth-order valence-corrected chi connectivity index (χ4v) is 2.49. The highest BCUT2D eigenvalue weighted by Gasteiger charge is 2.40.